The Balaban J connectivity index is 0.00000312. The van der Waals surface area contributed by atoms with Gasteiger partial charge in [-0.15, -0.1) is 37.2 Å². The van der Waals surface area contributed by atoms with Crippen molar-refractivity contribution in [2.75, 3.05) is 70.8 Å². The van der Waals surface area contributed by atoms with Crippen LogP contribution in [-0.2, 0) is 11.2 Å². The van der Waals surface area contributed by atoms with Crippen LogP contribution in [0.2, 0.25) is 0 Å². The summed E-state index contributed by atoms with van der Waals surface area (Å²) in [6, 6.07) is 15.9. The van der Waals surface area contributed by atoms with Crippen LogP contribution in [0.3, 0.4) is 0 Å². The lowest BCUT2D eigenvalue weighted by Crippen LogP contribution is -2.44. The normalized spacial score (nSPS) is 12.4. The zero-order valence-electron chi connectivity index (χ0n) is 29.9. The summed E-state index contributed by atoms with van der Waals surface area (Å²) in [6.07, 6.45) is 2.78. The third-order valence-corrected chi connectivity index (χ3v) is 8.73. The molecule has 4 aromatic rings. The molecule has 0 saturated carbocycles. The molecule has 52 heavy (non-hydrogen) atoms. The number of nitrogens with two attached hydrogens (primary N) is 1. The van der Waals surface area contributed by atoms with E-state index in [4.69, 9.17) is 15.2 Å². The van der Waals surface area contributed by atoms with Gasteiger partial charge >= 0.3 is 0 Å². The minimum absolute atomic E-state index is 0. The number of carbonyl (C=O) groups excluding carboxylic acids is 3. The van der Waals surface area contributed by atoms with Crippen molar-refractivity contribution in [2.24, 2.45) is 5.73 Å². The third-order valence-electron chi connectivity index (χ3n) is 8.73. The van der Waals surface area contributed by atoms with Gasteiger partial charge in [0.25, 0.3) is 11.8 Å². The fourth-order valence-electron chi connectivity index (χ4n) is 5.88. The second kappa shape index (κ2) is 20.7. The first-order chi connectivity index (χ1) is 23.7. The number of aromatic nitrogens is 2. The van der Waals surface area contributed by atoms with E-state index in [0.29, 0.717) is 54.2 Å². The number of piperazine rings is 1. The predicted molar refractivity (Wildman–Crippen MR) is 213 cm³/mol. The van der Waals surface area contributed by atoms with Crippen LogP contribution < -0.4 is 25.4 Å². The number of unbranched alkanes of at least 4 members (excludes halogenated alkanes) is 1. The van der Waals surface area contributed by atoms with Gasteiger partial charge in [0.15, 0.2) is 0 Å². The number of methoxy groups -OCH3 is 1. The van der Waals surface area contributed by atoms with E-state index in [1.807, 2.05) is 37.3 Å². The van der Waals surface area contributed by atoms with Crippen LogP contribution in [0.1, 0.15) is 51.4 Å². The number of halogens is 3. The van der Waals surface area contributed by atoms with Crippen LogP contribution in [-0.4, -0.2) is 98.1 Å². The standard InChI is InChI=1S/C37H45N7O5.3ClH/c1-25-11-14-31(33(22-25)49-21-6-5-8-27(24-45)44-19-17-42(2)18-20-44)43(3)37(47)26-12-13-28(32(23-26)48-4)36(46)40-30-10-7-9-29-35(30)41-34(39-29)15-16-38;;;/h7,9-14,22-23H,5-6,8,15-21,38H2,1-4H3,(H,39,41)(H,40,46);3*1H. The van der Waals surface area contributed by atoms with E-state index in [1.165, 1.54) is 12.0 Å². The molecule has 0 spiro atoms. The summed E-state index contributed by atoms with van der Waals surface area (Å²) in [5.41, 5.74) is 10.6. The smallest absolute Gasteiger partial charge is 0.259 e. The largest absolute Gasteiger partial charge is 0.496 e. The number of aromatic amines is 1. The lowest BCUT2D eigenvalue weighted by atomic mass is 10.1. The van der Waals surface area contributed by atoms with E-state index in [9.17, 15) is 14.4 Å². The van der Waals surface area contributed by atoms with Crippen molar-refractivity contribution in [1.29, 1.82) is 0 Å². The second-order valence-corrected chi connectivity index (χ2v) is 12.3. The molecule has 5 rings (SSSR count). The summed E-state index contributed by atoms with van der Waals surface area (Å²) in [5.74, 6) is 3.05. The van der Waals surface area contributed by atoms with E-state index >= 15 is 0 Å². The van der Waals surface area contributed by atoms with Crippen molar-refractivity contribution in [1.82, 2.24) is 19.8 Å². The first kappa shape index (κ1) is 43.9. The first-order valence-corrected chi connectivity index (χ1v) is 16.6. The van der Waals surface area contributed by atoms with Crippen LogP contribution >= 0.6 is 37.2 Å². The van der Waals surface area contributed by atoms with E-state index in [2.05, 4.69) is 38.1 Å². The fraction of sp³-hybridized carbons (Fsp3) is 0.378. The number of likely N-dealkylation sites (N-methyl/N-ethyl adjacent to an activating group) is 1. The molecule has 0 bridgehead atoms. The number of amides is 2. The molecule has 12 nitrogen and oxygen atoms in total. The summed E-state index contributed by atoms with van der Waals surface area (Å²) in [4.78, 5) is 52.5. The van der Waals surface area contributed by atoms with Crippen molar-refractivity contribution >= 4 is 77.4 Å². The number of hydrogen-bond donors (Lipinski definition) is 3. The highest BCUT2D eigenvalue weighted by Crippen LogP contribution is 2.32. The zero-order valence-corrected chi connectivity index (χ0v) is 32.3. The second-order valence-electron chi connectivity index (χ2n) is 12.3. The Kier molecular flexibility index (Phi) is 17.4. The first-order valence-electron chi connectivity index (χ1n) is 16.6. The molecule has 2 heterocycles. The summed E-state index contributed by atoms with van der Waals surface area (Å²) in [6.45, 7) is 6.41. The van der Waals surface area contributed by atoms with Crippen molar-refractivity contribution in [3.8, 4) is 11.5 Å². The van der Waals surface area contributed by atoms with Crippen LogP contribution in [0.5, 0.6) is 11.5 Å². The number of para-hydroxylation sites is 1. The number of aryl methyl sites for hydroxylation is 1. The van der Waals surface area contributed by atoms with Crippen LogP contribution in [0.4, 0.5) is 11.4 Å². The molecule has 1 fully saturated rings. The van der Waals surface area contributed by atoms with Gasteiger partial charge in [-0.2, -0.15) is 0 Å². The van der Waals surface area contributed by atoms with Crippen molar-refractivity contribution in [3.05, 3.63) is 82.8 Å². The summed E-state index contributed by atoms with van der Waals surface area (Å²) >= 11 is 0. The van der Waals surface area contributed by atoms with Crippen LogP contribution in [0.25, 0.3) is 11.0 Å². The highest BCUT2D eigenvalue weighted by atomic mass is 35.5. The minimum atomic E-state index is -0.395. The highest BCUT2D eigenvalue weighted by molar-refractivity contribution is 6.11. The van der Waals surface area contributed by atoms with E-state index in [0.717, 1.165) is 61.6 Å². The number of allylic oxidation sites excluding steroid dienone is 1. The number of H-pyrrole nitrogens is 1. The maximum absolute atomic E-state index is 13.7. The molecule has 0 aliphatic carbocycles. The number of anilines is 2. The topological polar surface area (TPSA) is 146 Å². The third kappa shape index (κ3) is 10.6. The molecule has 3 aromatic carbocycles. The number of imidazole rings is 1. The van der Waals surface area contributed by atoms with Gasteiger partial charge in [0.1, 0.15) is 28.8 Å². The number of fused-ring (bicyclic) bond motifs is 1. The Labute approximate surface area is 323 Å². The Morgan fingerprint density at radius 3 is 2.46 bits per heavy atom. The van der Waals surface area contributed by atoms with E-state index < -0.39 is 5.91 Å². The molecule has 1 aliphatic heterocycles. The summed E-state index contributed by atoms with van der Waals surface area (Å²) in [7, 11) is 5.23. The fourth-order valence-corrected chi connectivity index (χ4v) is 5.88. The molecule has 0 unspecified atom stereocenters. The van der Waals surface area contributed by atoms with Gasteiger partial charge in [-0.05, 0) is 87.8 Å². The number of nitrogens with zero attached hydrogens (tertiary/aromatic N) is 4. The Bertz CT molecular complexity index is 1860. The van der Waals surface area contributed by atoms with Crippen molar-refractivity contribution < 1.29 is 23.9 Å². The average molecular weight is 777 g/mol. The highest BCUT2D eigenvalue weighted by Gasteiger charge is 2.22. The quantitative estimate of drug-likeness (QED) is 0.109. The Morgan fingerprint density at radius 1 is 1.02 bits per heavy atom. The molecule has 2 amide bonds. The molecular weight excluding hydrogens is 729 g/mol. The molecule has 282 valence electrons. The van der Waals surface area contributed by atoms with Gasteiger partial charge in [-0.25, -0.2) is 9.78 Å². The van der Waals surface area contributed by atoms with E-state index in [-0.39, 0.29) is 54.4 Å². The lowest BCUT2D eigenvalue weighted by molar-refractivity contribution is 0.0987. The number of hydrogen-bond acceptors (Lipinski definition) is 9. The Hall–Kier alpha value is -4.29. The predicted octanol–water partition coefficient (Wildman–Crippen LogP) is 5.69. The molecule has 1 aromatic heterocycles. The lowest BCUT2D eigenvalue weighted by Gasteiger charge is -2.34. The summed E-state index contributed by atoms with van der Waals surface area (Å²) in [5, 5.41) is 2.93. The zero-order chi connectivity index (χ0) is 34.9. The monoisotopic (exact) mass is 775 g/mol. The molecule has 1 saturated heterocycles. The SMILES string of the molecule is COc1cc(C(=O)N(C)c2ccc(C)cc2OCCCCC(=C=O)N2CCN(C)CC2)ccc1C(=O)Nc1cccc2[nH]c(CCN)nc12.Cl.Cl.Cl. The Morgan fingerprint density at radius 2 is 1.77 bits per heavy atom. The number of nitrogens with one attached hydrogen (secondary N) is 2. The molecular formula is C37H48Cl3N7O5. The van der Waals surface area contributed by atoms with Crippen molar-refractivity contribution in [3.63, 3.8) is 0 Å². The van der Waals surface area contributed by atoms with Gasteiger partial charge in [0.05, 0.1) is 41.9 Å². The molecule has 1 aliphatic rings. The van der Waals surface area contributed by atoms with Gasteiger partial charge in [0, 0.05) is 45.2 Å². The molecule has 0 radical (unpaired) electrons. The maximum atomic E-state index is 13.7. The minimum Gasteiger partial charge on any atom is -0.496 e. The number of rotatable bonds is 14. The van der Waals surface area contributed by atoms with Crippen LogP contribution in [0.15, 0.2) is 60.3 Å². The number of ether oxygens (including phenoxy) is 2. The van der Waals surface area contributed by atoms with Gasteiger partial charge in [-0.1, -0.05) is 12.1 Å². The number of carbonyl (C=O) groups is 2. The molecule has 0 atom stereocenters. The van der Waals surface area contributed by atoms with Gasteiger partial charge < -0.3 is 40.2 Å². The molecule has 15 heteroatoms. The van der Waals surface area contributed by atoms with Gasteiger partial charge in [0.2, 0.25) is 0 Å². The molecule has 4 N–H and O–H groups in total. The van der Waals surface area contributed by atoms with Gasteiger partial charge in [-0.3, -0.25) is 9.59 Å². The van der Waals surface area contributed by atoms with Crippen molar-refractivity contribution in [2.45, 2.75) is 32.6 Å². The number of benzene rings is 3. The van der Waals surface area contributed by atoms with E-state index in [1.54, 1.807) is 31.3 Å². The average Bonchev–Trinajstić information content (AvgIpc) is 3.53. The van der Waals surface area contributed by atoms with Crippen LogP contribution in [0, 0.1) is 6.92 Å². The maximum Gasteiger partial charge on any atom is 0.259 e. The summed E-state index contributed by atoms with van der Waals surface area (Å²) < 4.78 is 11.7.